The molecular formula is C15H15N3O. The minimum Gasteiger partial charge on any atom is -0.322 e. The number of anilines is 1. The van der Waals surface area contributed by atoms with E-state index in [0.717, 1.165) is 41.6 Å². The number of hydrogen-bond donors (Lipinski definition) is 2. The number of rotatable bonds is 3. The average molecular weight is 253 g/mol. The van der Waals surface area contributed by atoms with Crippen molar-refractivity contribution in [3.05, 3.63) is 48.3 Å². The molecule has 1 amide bonds. The van der Waals surface area contributed by atoms with E-state index in [1.54, 1.807) is 6.20 Å². The minimum absolute atomic E-state index is 0.0156. The molecule has 2 N–H and O–H groups in total. The smallest absolute Gasteiger partial charge is 0.251 e. The Morgan fingerprint density at radius 2 is 2.26 bits per heavy atom. The Hall–Kier alpha value is -2.36. The molecule has 0 atom stereocenters. The number of carbonyl (C=O) groups excluding carboxylic acids is 1. The maximum absolute atomic E-state index is 12.0. The SMILES string of the molecule is O=C(Nc1cccc(-c2cn[nH]c2)c1)C1=CCCC1. The molecule has 1 heterocycles. The summed E-state index contributed by atoms with van der Waals surface area (Å²) in [4.78, 5) is 12.0. The summed E-state index contributed by atoms with van der Waals surface area (Å²) in [5.74, 6) is 0.0156. The van der Waals surface area contributed by atoms with Crippen molar-refractivity contribution < 1.29 is 4.79 Å². The van der Waals surface area contributed by atoms with Gasteiger partial charge in [0.15, 0.2) is 0 Å². The van der Waals surface area contributed by atoms with Crippen molar-refractivity contribution in [1.29, 1.82) is 0 Å². The summed E-state index contributed by atoms with van der Waals surface area (Å²) in [7, 11) is 0. The summed E-state index contributed by atoms with van der Waals surface area (Å²) < 4.78 is 0. The zero-order valence-electron chi connectivity index (χ0n) is 10.5. The van der Waals surface area contributed by atoms with E-state index in [0.29, 0.717) is 0 Å². The minimum atomic E-state index is 0.0156. The van der Waals surface area contributed by atoms with Crippen molar-refractivity contribution in [2.45, 2.75) is 19.3 Å². The summed E-state index contributed by atoms with van der Waals surface area (Å²) in [5.41, 5.74) is 3.76. The van der Waals surface area contributed by atoms with E-state index in [1.807, 2.05) is 36.5 Å². The van der Waals surface area contributed by atoms with Crippen molar-refractivity contribution in [3.8, 4) is 11.1 Å². The highest BCUT2D eigenvalue weighted by Gasteiger charge is 2.13. The van der Waals surface area contributed by atoms with E-state index in [2.05, 4.69) is 15.5 Å². The lowest BCUT2D eigenvalue weighted by atomic mass is 10.1. The molecule has 19 heavy (non-hydrogen) atoms. The van der Waals surface area contributed by atoms with Crippen molar-refractivity contribution in [2.24, 2.45) is 0 Å². The summed E-state index contributed by atoms with van der Waals surface area (Å²) >= 11 is 0. The van der Waals surface area contributed by atoms with E-state index < -0.39 is 0 Å². The fourth-order valence-electron chi connectivity index (χ4n) is 2.27. The molecule has 0 bridgehead atoms. The second-order valence-electron chi connectivity index (χ2n) is 4.64. The van der Waals surface area contributed by atoms with Gasteiger partial charge < -0.3 is 5.32 Å². The van der Waals surface area contributed by atoms with Crippen LogP contribution in [0.25, 0.3) is 11.1 Å². The predicted molar refractivity (Wildman–Crippen MR) is 74.6 cm³/mol. The van der Waals surface area contributed by atoms with Crippen LogP contribution in [0.4, 0.5) is 5.69 Å². The lowest BCUT2D eigenvalue weighted by Crippen LogP contribution is -2.13. The molecule has 0 radical (unpaired) electrons. The van der Waals surface area contributed by atoms with Crippen LogP contribution in [-0.4, -0.2) is 16.1 Å². The van der Waals surface area contributed by atoms with E-state index >= 15 is 0 Å². The van der Waals surface area contributed by atoms with Gasteiger partial charge in [-0.3, -0.25) is 9.89 Å². The number of hydrogen-bond acceptors (Lipinski definition) is 2. The molecule has 96 valence electrons. The van der Waals surface area contributed by atoms with Gasteiger partial charge in [0.25, 0.3) is 5.91 Å². The van der Waals surface area contributed by atoms with Gasteiger partial charge >= 0.3 is 0 Å². The van der Waals surface area contributed by atoms with Gasteiger partial charge in [0.1, 0.15) is 0 Å². The fourth-order valence-corrected chi connectivity index (χ4v) is 2.27. The molecule has 0 saturated carbocycles. The Morgan fingerprint density at radius 3 is 3.00 bits per heavy atom. The number of nitrogens with zero attached hydrogens (tertiary/aromatic N) is 1. The topological polar surface area (TPSA) is 57.8 Å². The van der Waals surface area contributed by atoms with Crippen molar-refractivity contribution >= 4 is 11.6 Å². The first-order valence-electron chi connectivity index (χ1n) is 6.42. The fraction of sp³-hybridized carbons (Fsp3) is 0.200. The van der Waals surface area contributed by atoms with Gasteiger partial charge in [-0.1, -0.05) is 18.2 Å². The van der Waals surface area contributed by atoms with Crippen molar-refractivity contribution in [1.82, 2.24) is 10.2 Å². The van der Waals surface area contributed by atoms with Crippen LogP contribution in [0.2, 0.25) is 0 Å². The molecule has 0 unspecified atom stereocenters. The quantitative estimate of drug-likeness (QED) is 0.883. The summed E-state index contributed by atoms with van der Waals surface area (Å²) in [6, 6.07) is 7.78. The molecule has 0 spiro atoms. The first kappa shape index (κ1) is 11.7. The first-order chi connectivity index (χ1) is 9.33. The van der Waals surface area contributed by atoms with E-state index in [9.17, 15) is 4.79 Å². The summed E-state index contributed by atoms with van der Waals surface area (Å²) in [6.45, 7) is 0. The van der Waals surface area contributed by atoms with Crippen LogP contribution in [0.15, 0.2) is 48.3 Å². The van der Waals surface area contributed by atoms with E-state index in [1.165, 1.54) is 0 Å². The molecule has 4 heteroatoms. The standard InChI is InChI=1S/C15H15N3O/c19-15(11-4-1-2-5-11)18-14-7-3-6-12(8-14)13-9-16-17-10-13/h3-4,6-10H,1-2,5H2,(H,16,17)(H,18,19). The van der Waals surface area contributed by atoms with Crippen molar-refractivity contribution in [3.63, 3.8) is 0 Å². The van der Waals surface area contributed by atoms with Crippen LogP contribution in [-0.2, 0) is 4.79 Å². The van der Waals surface area contributed by atoms with Gasteiger partial charge in [-0.2, -0.15) is 5.10 Å². The molecule has 2 aromatic rings. The van der Waals surface area contributed by atoms with Gasteiger partial charge in [-0.15, -0.1) is 0 Å². The highest BCUT2D eigenvalue weighted by molar-refractivity contribution is 6.04. The third kappa shape index (κ3) is 2.57. The number of benzene rings is 1. The molecule has 1 aliphatic rings. The molecule has 0 aliphatic heterocycles. The largest absolute Gasteiger partial charge is 0.322 e. The monoisotopic (exact) mass is 253 g/mol. The molecular weight excluding hydrogens is 238 g/mol. The zero-order valence-corrected chi connectivity index (χ0v) is 10.5. The summed E-state index contributed by atoms with van der Waals surface area (Å²) in [5, 5.41) is 9.67. The van der Waals surface area contributed by atoms with E-state index in [4.69, 9.17) is 0 Å². The highest BCUT2D eigenvalue weighted by Crippen LogP contribution is 2.23. The van der Waals surface area contributed by atoms with E-state index in [-0.39, 0.29) is 5.91 Å². The Bertz CT molecular complexity index is 614. The summed E-state index contributed by atoms with van der Waals surface area (Å²) in [6.07, 6.45) is 8.60. The first-order valence-corrected chi connectivity index (χ1v) is 6.42. The third-order valence-electron chi connectivity index (χ3n) is 3.28. The van der Waals surface area contributed by atoms with Crippen LogP contribution in [0.1, 0.15) is 19.3 Å². The van der Waals surface area contributed by atoms with Gasteiger partial charge in [0.05, 0.1) is 6.20 Å². The zero-order chi connectivity index (χ0) is 13.1. The van der Waals surface area contributed by atoms with Crippen LogP contribution in [0.3, 0.4) is 0 Å². The molecule has 1 aliphatic carbocycles. The second-order valence-corrected chi connectivity index (χ2v) is 4.64. The lowest BCUT2D eigenvalue weighted by Gasteiger charge is -2.07. The molecule has 1 aromatic heterocycles. The van der Waals surface area contributed by atoms with Crippen LogP contribution in [0.5, 0.6) is 0 Å². The maximum Gasteiger partial charge on any atom is 0.251 e. The van der Waals surface area contributed by atoms with Gasteiger partial charge in [0.2, 0.25) is 0 Å². The van der Waals surface area contributed by atoms with Gasteiger partial charge in [-0.25, -0.2) is 0 Å². The number of aromatic amines is 1. The normalized spacial score (nSPS) is 14.2. The lowest BCUT2D eigenvalue weighted by molar-refractivity contribution is -0.112. The Kier molecular flexibility index (Phi) is 3.14. The van der Waals surface area contributed by atoms with Crippen LogP contribution in [0, 0.1) is 0 Å². The highest BCUT2D eigenvalue weighted by atomic mass is 16.1. The predicted octanol–water partition coefficient (Wildman–Crippen LogP) is 3.13. The third-order valence-corrected chi connectivity index (χ3v) is 3.28. The molecule has 0 fully saturated rings. The van der Waals surface area contributed by atoms with Gasteiger partial charge in [-0.05, 0) is 37.0 Å². The number of amides is 1. The van der Waals surface area contributed by atoms with Gasteiger partial charge in [0, 0.05) is 23.0 Å². The molecule has 4 nitrogen and oxygen atoms in total. The molecule has 1 aromatic carbocycles. The number of allylic oxidation sites excluding steroid dienone is 1. The van der Waals surface area contributed by atoms with Crippen molar-refractivity contribution in [2.75, 3.05) is 5.32 Å². The number of H-pyrrole nitrogens is 1. The maximum atomic E-state index is 12.0. The Morgan fingerprint density at radius 1 is 1.32 bits per heavy atom. The second kappa shape index (κ2) is 5.10. The molecule has 3 rings (SSSR count). The van der Waals surface area contributed by atoms with Crippen LogP contribution < -0.4 is 5.32 Å². The Balaban J connectivity index is 1.78. The number of aromatic nitrogens is 2. The Labute approximate surface area is 111 Å². The molecule has 0 saturated heterocycles. The number of carbonyl (C=O) groups is 1. The number of nitrogens with one attached hydrogen (secondary N) is 2. The average Bonchev–Trinajstić information content (AvgIpc) is 3.13. The van der Waals surface area contributed by atoms with Crippen LogP contribution >= 0.6 is 0 Å².